The molecular formula is C12H18N6O2. The van der Waals surface area contributed by atoms with Crippen LogP contribution in [-0.2, 0) is 16.6 Å². The van der Waals surface area contributed by atoms with Crippen LogP contribution >= 0.6 is 0 Å². The summed E-state index contributed by atoms with van der Waals surface area (Å²) < 4.78 is 6.56. The van der Waals surface area contributed by atoms with Gasteiger partial charge in [-0.2, -0.15) is 5.10 Å². The highest BCUT2D eigenvalue weighted by Gasteiger charge is 2.14. The van der Waals surface area contributed by atoms with E-state index in [-0.39, 0.29) is 12.5 Å². The number of methoxy groups -OCH3 is 1. The van der Waals surface area contributed by atoms with E-state index in [1.165, 1.54) is 6.33 Å². The average molecular weight is 278 g/mol. The maximum Gasteiger partial charge on any atom is 0.239 e. The highest BCUT2D eigenvalue weighted by atomic mass is 16.5. The number of amides is 1. The summed E-state index contributed by atoms with van der Waals surface area (Å²) >= 11 is 0. The minimum absolute atomic E-state index is 0.0831. The summed E-state index contributed by atoms with van der Waals surface area (Å²) in [5.74, 6) is 0.602. The third-order valence-corrected chi connectivity index (χ3v) is 2.88. The zero-order valence-electron chi connectivity index (χ0n) is 11.8. The van der Waals surface area contributed by atoms with Crippen LogP contribution in [0.1, 0.15) is 0 Å². The summed E-state index contributed by atoms with van der Waals surface area (Å²) in [4.78, 5) is 21.9. The minimum Gasteiger partial charge on any atom is -0.383 e. The Kier molecular flexibility index (Phi) is 4.46. The first kappa shape index (κ1) is 14.2. The maximum absolute atomic E-state index is 11.8. The lowest BCUT2D eigenvalue weighted by molar-refractivity contribution is -0.119. The standard InChI is InChI=1S/C12H18N6O2/c1-17(7-10(19)13-4-5-20-3)11-9-6-16-18(2)12(9)15-8-14-11/h6,8H,4-5,7H2,1-3H3,(H,13,19). The summed E-state index contributed by atoms with van der Waals surface area (Å²) in [7, 11) is 5.22. The Morgan fingerprint density at radius 2 is 2.30 bits per heavy atom. The van der Waals surface area contributed by atoms with Gasteiger partial charge in [-0.1, -0.05) is 0 Å². The number of likely N-dealkylation sites (N-methyl/N-ethyl adjacent to an activating group) is 1. The van der Waals surface area contributed by atoms with Gasteiger partial charge in [-0.15, -0.1) is 0 Å². The number of aryl methyl sites for hydroxylation is 1. The monoisotopic (exact) mass is 278 g/mol. The number of hydrogen-bond donors (Lipinski definition) is 1. The van der Waals surface area contributed by atoms with E-state index in [0.717, 1.165) is 11.0 Å². The van der Waals surface area contributed by atoms with Gasteiger partial charge in [0.1, 0.15) is 12.1 Å². The van der Waals surface area contributed by atoms with Gasteiger partial charge in [-0.3, -0.25) is 9.48 Å². The van der Waals surface area contributed by atoms with Gasteiger partial charge < -0.3 is 15.0 Å². The lowest BCUT2D eigenvalue weighted by Gasteiger charge is -2.18. The average Bonchev–Trinajstić information content (AvgIpc) is 2.81. The number of nitrogens with one attached hydrogen (secondary N) is 1. The zero-order valence-corrected chi connectivity index (χ0v) is 11.8. The van der Waals surface area contributed by atoms with Crippen molar-refractivity contribution in [1.82, 2.24) is 25.1 Å². The second-order valence-electron chi connectivity index (χ2n) is 4.40. The van der Waals surface area contributed by atoms with Gasteiger partial charge >= 0.3 is 0 Å². The molecule has 0 saturated heterocycles. The highest BCUT2D eigenvalue weighted by Crippen LogP contribution is 2.20. The minimum atomic E-state index is -0.0831. The van der Waals surface area contributed by atoms with Gasteiger partial charge in [0.05, 0.1) is 24.7 Å². The predicted octanol–water partition coefficient (Wildman–Crippen LogP) is -0.438. The van der Waals surface area contributed by atoms with Gasteiger partial charge in [0, 0.05) is 27.7 Å². The molecule has 1 N–H and O–H groups in total. The Balaban J connectivity index is 2.07. The molecule has 0 aliphatic carbocycles. The van der Waals surface area contributed by atoms with Crippen LogP contribution in [0.5, 0.6) is 0 Å². The van der Waals surface area contributed by atoms with E-state index in [2.05, 4.69) is 20.4 Å². The van der Waals surface area contributed by atoms with Crippen molar-refractivity contribution in [2.75, 3.05) is 38.8 Å². The maximum atomic E-state index is 11.8. The van der Waals surface area contributed by atoms with Crippen LogP contribution in [0.2, 0.25) is 0 Å². The van der Waals surface area contributed by atoms with Crippen molar-refractivity contribution < 1.29 is 9.53 Å². The van der Waals surface area contributed by atoms with Crippen LogP contribution < -0.4 is 10.2 Å². The van der Waals surface area contributed by atoms with Crippen molar-refractivity contribution in [3.05, 3.63) is 12.5 Å². The van der Waals surface area contributed by atoms with Gasteiger partial charge in [0.2, 0.25) is 5.91 Å². The summed E-state index contributed by atoms with van der Waals surface area (Å²) in [6, 6.07) is 0. The van der Waals surface area contributed by atoms with E-state index in [1.54, 1.807) is 22.9 Å². The number of carbonyl (C=O) groups is 1. The summed E-state index contributed by atoms with van der Waals surface area (Å²) in [5.41, 5.74) is 0.738. The molecule has 0 atom stereocenters. The van der Waals surface area contributed by atoms with Gasteiger partial charge in [0.15, 0.2) is 5.65 Å². The normalized spacial score (nSPS) is 10.8. The molecular weight excluding hydrogens is 260 g/mol. The first-order valence-electron chi connectivity index (χ1n) is 6.23. The number of fused-ring (bicyclic) bond motifs is 1. The Labute approximate surface area is 116 Å². The lowest BCUT2D eigenvalue weighted by atomic mass is 10.3. The van der Waals surface area contributed by atoms with Crippen molar-refractivity contribution in [2.24, 2.45) is 7.05 Å². The second kappa shape index (κ2) is 6.29. The van der Waals surface area contributed by atoms with Crippen molar-refractivity contribution in [2.45, 2.75) is 0 Å². The SMILES string of the molecule is COCCNC(=O)CN(C)c1ncnc2c1cnn2C. The van der Waals surface area contributed by atoms with Crippen LogP contribution in [-0.4, -0.2) is 59.5 Å². The first-order valence-corrected chi connectivity index (χ1v) is 6.23. The smallest absolute Gasteiger partial charge is 0.239 e. The van der Waals surface area contributed by atoms with E-state index < -0.39 is 0 Å². The van der Waals surface area contributed by atoms with E-state index in [4.69, 9.17) is 4.74 Å². The molecule has 1 amide bonds. The first-order chi connectivity index (χ1) is 9.63. The van der Waals surface area contributed by atoms with Crippen molar-refractivity contribution in [1.29, 1.82) is 0 Å². The molecule has 0 aromatic carbocycles. The fourth-order valence-corrected chi connectivity index (χ4v) is 1.89. The number of hydrogen-bond acceptors (Lipinski definition) is 6. The largest absolute Gasteiger partial charge is 0.383 e. The zero-order chi connectivity index (χ0) is 14.5. The van der Waals surface area contributed by atoms with E-state index in [0.29, 0.717) is 19.0 Å². The quantitative estimate of drug-likeness (QED) is 0.721. The topological polar surface area (TPSA) is 85.2 Å². The molecule has 8 nitrogen and oxygen atoms in total. The molecule has 0 radical (unpaired) electrons. The lowest BCUT2D eigenvalue weighted by Crippen LogP contribution is -2.37. The van der Waals surface area contributed by atoms with Crippen LogP contribution in [0.3, 0.4) is 0 Å². The van der Waals surface area contributed by atoms with E-state index in [1.807, 2.05) is 14.1 Å². The molecule has 0 saturated carbocycles. The molecule has 0 bridgehead atoms. The van der Waals surface area contributed by atoms with Gasteiger partial charge in [-0.25, -0.2) is 9.97 Å². The van der Waals surface area contributed by atoms with Crippen LogP contribution in [0.4, 0.5) is 5.82 Å². The molecule has 2 aromatic heterocycles. The Morgan fingerprint density at radius 3 is 3.05 bits per heavy atom. The molecule has 108 valence electrons. The number of aromatic nitrogens is 4. The van der Waals surface area contributed by atoms with Crippen molar-refractivity contribution >= 4 is 22.8 Å². The van der Waals surface area contributed by atoms with E-state index in [9.17, 15) is 4.79 Å². The molecule has 0 aliphatic rings. The molecule has 8 heteroatoms. The summed E-state index contributed by atoms with van der Waals surface area (Å²) in [5, 5.41) is 7.74. The van der Waals surface area contributed by atoms with Crippen LogP contribution in [0.25, 0.3) is 11.0 Å². The number of rotatable bonds is 6. The number of ether oxygens (including phenoxy) is 1. The van der Waals surface area contributed by atoms with E-state index >= 15 is 0 Å². The number of anilines is 1. The molecule has 20 heavy (non-hydrogen) atoms. The molecule has 0 aliphatic heterocycles. The fraction of sp³-hybridized carbons (Fsp3) is 0.500. The summed E-state index contributed by atoms with van der Waals surface area (Å²) in [6.07, 6.45) is 3.17. The molecule has 0 fully saturated rings. The molecule has 2 heterocycles. The van der Waals surface area contributed by atoms with Gasteiger partial charge in [-0.05, 0) is 0 Å². The highest BCUT2D eigenvalue weighted by molar-refractivity contribution is 5.89. The molecule has 2 aromatic rings. The third-order valence-electron chi connectivity index (χ3n) is 2.88. The Morgan fingerprint density at radius 1 is 1.50 bits per heavy atom. The summed E-state index contributed by atoms with van der Waals surface area (Å²) in [6.45, 7) is 1.20. The van der Waals surface area contributed by atoms with Crippen LogP contribution in [0.15, 0.2) is 12.5 Å². The second-order valence-corrected chi connectivity index (χ2v) is 4.40. The number of nitrogens with zero attached hydrogens (tertiary/aromatic N) is 5. The molecule has 0 spiro atoms. The fourth-order valence-electron chi connectivity index (χ4n) is 1.89. The van der Waals surface area contributed by atoms with Gasteiger partial charge in [0.25, 0.3) is 0 Å². The molecule has 0 unspecified atom stereocenters. The van der Waals surface area contributed by atoms with Crippen molar-refractivity contribution in [3.63, 3.8) is 0 Å². The van der Waals surface area contributed by atoms with Crippen LogP contribution in [0, 0.1) is 0 Å². The predicted molar refractivity (Wildman–Crippen MR) is 74.5 cm³/mol. The third kappa shape index (κ3) is 3.02. The number of carbonyl (C=O) groups excluding carboxylic acids is 1. The molecule has 2 rings (SSSR count). The van der Waals surface area contributed by atoms with Crippen molar-refractivity contribution in [3.8, 4) is 0 Å². The Bertz CT molecular complexity index is 597. The Hall–Kier alpha value is -2.22.